The van der Waals surface area contributed by atoms with Gasteiger partial charge in [0.1, 0.15) is 0 Å². The van der Waals surface area contributed by atoms with E-state index in [2.05, 4.69) is 54.9 Å². The number of carboxylic acids is 1. The number of fused-ring (bicyclic) bond motifs is 1. The van der Waals surface area contributed by atoms with Gasteiger partial charge in [0.2, 0.25) is 0 Å². The van der Waals surface area contributed by atoms with E-state index in [9.17, 15) is 4.79 Å². The molecule has 3 nitrogen and oxygen atoms in total. The number of benzene rings is 2. The van der Waals surface area contributed by atoms with Crippen molar-refractivity contribution in [2.24, 2.45) is 0 Å². The third-order valence-electron chi connectivity index (χ3n) is 4.84. The van der Waals surface area contributed by atoms with Gasteiger partial charge >= 0.3 is 5.97 Å². The summed E-state index contributed by atoms with van der Waals surface area (Å²) in [6, 6.07) is 17.1. The van der Waals surface area contributed by atoms with Crippen LogP contribution < -0.4 is 0 Å². The van der Waals surface area contributed by atoms with E-state index < -0.39 is 5.97 Å². The lowest BCUT2D eigenvalue weighted by atomic mass is 9.93. The largest absolute Gasteiger partial charge is 0.478 e. The Morgan fingerprint density at radius 2 is 1.70 bits per heavy atom. The summed E-state index contributed by atoms with van der Waals surface area (Å²) in [6.45, 7) is 6.43. The minimum Gasteiger partial charge on any atom is -0.478 e. The second-order valence-corrected chi connectivity index (χ2v) is 9.49. The third kappa shape index (κ3) is 4.32. The normalized spacial score (nSPS) is 14.2. The molecule has 1 aliphatic heterocycles. The number of hydrogen-bond donors (Lipinski definition) is 1. The highest BCUT2D eigenvalue weighted by atomic mass is 32.2. The van der Waals surface area contributed by atoms with Gasteiger partial charge in [-0.3, -0.25) is 4.98 Å². The second-order valence-electron chi connectivity index (χ2n) is 7.80. The highest BCUT2D eigenvalue weighted by Crippen LogP contribution is 2.46. The summed E-state index contributed by atoms with van der Waals surface area (Å²) in [6.07, 6.45) is 4.23. The van der Waals surface area contributed by atoms with Crippen molar-refractivity contribution in [2.75, 3.05) is 0 Å². The zero-order valence-corrected chi connectivity index (χ0v) is 17.9. The van der Waals surface area contributed by atoms with E-state index in [4.69, 9.17) is 5.11 Å². The maximum atomic E-state index is 11.0. The van der Waals surface area contributed by atoms with Crippen molar-refractivity contribution in [1.82, 2.24) is 4.98 Å². The van der Waals surface area contributed by atoms with Gasteiger partial charge in [-0.05, 0) is 80.4 Å². The lowest BCUT2D eigenvalue weighted by Crippen LogP contribution is -2.16. The molecule has 0 aliphatic carbocycles. The quantitative estimate of drug-likeness (QED) is 0.541. The molecule has 3 aromatic rings. The molecule has 0 amide bonds. The highest BCUT2D eigenvalue weighted by Gasteiger charge is 2.27. The molecule has 0 spiro atoms. The first-order chi connectivity index (χ1) is 14.3. The van der Waals surface area contributed by atoms with Crippen molar-refractivity contribution in [1.29, 1.82) is 0 Å². The number of thioether (sulfide) groups is 1. The van der Waals surface area contributed by atoms with Gasteiger partial charge in [-0.1, -0.05) is 24.0 Å². The van der Waals surface area contributed by atoms with Crippen molar-refractivity contribution in [2.45, 2.75) is 30.4 Å². The Labute approximate surface area is 180 Å². The van der Waals surface area contributed by atoms with Crippen LogP contribution >= 0.6 is 11.8 Å². The molecule has 0 fully saturated rings. The average Bonchev–Trinajstić information content (AvgIpc) is 2.72. The van der Waals surface area contributed by atoms with Crippen LogP contribution in [0.5, 0.6) is 0 Å². The van der Waals surface area contributed by atoms with E-state index in [1.54, 1.807) is 24.3 Å². The van der Waals surface area contributed by atoms with Crippen LogP contribution in [-0.4, -0.2) is 20.8 Å². The Morgan fingerprint density at radius 3 is 2.37 bits per heavy atom. The number of pyridine rings is 1. The number of nitrogens with zero attached hydrogens (tertiary/aromatic N) is 1. The molecule has 1 aromatic heterocycles. The summed E-state index contributed by atoms with van der Waals surface area (Å²) < 4.78 is -0.00764. The van der Waals surface area contributed by atoms with Gasteiger partial charge in [0.25, 0.3) is 0 Å². The second kappa shape index (κ2) is 7.85. The average molecular weight is 412 g/mol. The van der Waals surface area contributed by atoms with Crippen LogP contribution in [0.3, 0.4) is 0 Å². The lowest BCUT2D eigenvalue weighted by molar-refractivity contribution is 0.0697. The number of rotatable bonds is 2. The molecule has 0 radical (unpaired) electrons. The highest BCUT2D eigenvalue weighted by molar-refractivity contribution is 8.01. The Hall–Kier alpha value is -3.29. The summed E-state index contributed by atoms with van der Waals surface area (Å²) >= 11 is 1.84. The molecule has 2 aromatic carbocycles. The van der Waals surface area contributed by atoms with E-state index in [1.807, 2.05) is 37.0 Å². The van der Waals surface area contributed by atoms with Crippen molar-refractivity contribution in [3.05, 3.63) is 100 Å². The molecule has 0 atom stereocenters. The van der Waals surface area contributed by atoms with Crippen molar-refractivity contribution < 1.29 is 9.90 Å². The molecule has 1 aliphatic rings. The van der Waals surface area contributed by atoms with E-state index in [1.165, 1.54) is 10.5 Å². The molecule has 148 valence electrons. The Morgan fingerprint density at radius 1 is 1.00 bits per heavy atom. The summed E-state index contributed by atoms with van der Waals surface area (Å²) in [5.41, 5.74) is 6.40. The maximum Gasteiger partial charge on any atom is 0.335 e. The molecule has 30 heavy (non-hydrogen) atoms. The first-order valence-electron chi connectivity index (χ1n) is 9.65. The van der Waals surface area contributed by atoms with Crippen LogP contribution in [0.4, 0.5) is 0 Å². The Balaban J connectivity index is 1.71. The molecule has 1 N–H and O–H groups in total. The maximum absolute atomic E-state index is 11.0. The summed E-state index contributed by atoms with van der Waals surface area (Å²) in [7, 11) is 0. The third-order valence-corrected chi connectivity index (χ3v) is 6.06. The summed E-state index contributed by atoms with van der Waals surface area (Å²) in [4.78, 5) is 16.7. The number of aromatic nitrogens is 1. The minimum absolute atomic E-state index is 0.00764. The van der Waals surface area contributed by atoms with Crippen molar-refractivity contribution in [3.63, 3.8) is 0 Å². The first kappa shape index (κ1) is 20.0. The molecular weight excluding hydrogens is 390 g/mol. The van der Waals surface area contributed by atoms with Crippen molar-refractivity contribution >= 4 is 23.3 Å². The predicted molar refractivity (Wildman–Crippen MR) is 122 cm³/mol. The number of aromatic carboxylic acids is 1. The van der Waals surface area contributed by atoms with Gasteiger partial charge < -0.3 is 5.11 Å². The Bertz CT molecular complexity index is 1210. The Kier molecular flexibility index (Phi) is 5.24. The van der Waals surface area contributed by atoms with Crippen LogP contribution in [0.2, 0.25) is 0 Å². The van der Waals surface area contributed by atoms with Gasteiger partial charge in [-0.2, -0.15) is 0 Å². The molecule has 0 bridgehead atoms. The molecule has 2 heterocycles. The molecule has 0 unspecified atom stereocenters. The van der Waals surface area contributed by atoms with Crippen LogP contribution in [0.25, 0.3) is 5.57 Å². The topological polar surface area (TPSA) is 50.2 Å². The smallest absolute Gasteiger partial charge is 0.335 e. The summed E-state index contributed by atoms with van der Waals surface area (Å²) in [5, 5.41) is 9.02. The molecule has 0 saturated carbocycles. The van der Waals surface area contributed by atoms with Crippen LogP contribution in [0.1, 0.15) is 52.2 Å². The van der Waals surface area contributed by atoms with E-state index in [0.717, 1.165) is 27.9 Å². The van der Waals surface area contributed by atoms with Crippen LogP contribution in [0, 0.1) is 18.8 Å². The van der Waals surface area contributed by atoms with Gasteiger partial charge in [0.05, 0.1) is 5.56 Å². The van der Waals surface area contributed by atoms with Gasteiger partial charge in [0.15, 0.2) is 0 Å². The minimum atomic E-state index is -0.936. The fraction of sp³-hybridized carbons (Fsp3) is 0.154. The fourth-order valence-electron chi connectivity index (χ4n) is 3.35. The monoisotopic (exact) mass is 411 g/mol. The molecule has 4 rings (SSSR count). The fourth-order valence-corrected chi connectivity index (χ4v) is 4.51. The predicted octanol–water partition coefficient (Wildman–Crippen LogP) is 5.80. The number of aryl methyl sites for hydroxylation is 1. The number of carbonyl (C=O) groups is 1. The number of carboxylic acid groups (broad SMARTS) is 1. The summed E-state index contributed by atoms with van der Waals surface area (Å²) in [5.74, 6) is 5.41. The van der Waals surface area contributed by atoms with E-state index in [-0.39, 0.29) is 10.3 Å². The zero-order chi connectivity index (χ0) is 21.3. The van der Waals surface area contributed by atoms with Gasteiger partial charge in [0, 0.05) is 38.2 Å². The van der Waals surface area contributed by atoms with Gasteiger partial charge in [-0.15, -0.1) is 11.8 Å². The zero-order valence-electron chi connectivity index (χ0n) is 17.1. The van der Waals surface area contributed by atoms with Crippen LogP contribution in [0.15, 0.2) is 71.8 Å². The number of hydrogen-bond acceptors (Lipinski definition) is 3. The first-order valence-corrected chi connectivity index (χ1v) is 10.5. The van der Waals surface area contributed by atoms with Gasteiger partial charge in [-0.25, -0.2) is 4.79 Å². The SMILES string of the molecule is Cc1ccc(C2=CC(C)(C)Sc3ccc(C#Cc4ccc(C(=O)O)cc4)cc32)cn1. The molecule has 4 heteroatoms. The van der Waals surface area contributed by atoms with E-state index >= 15 is 0 Å². The lowest BCUT2D eigenvalue weighted by Gasteiger charge is -2.29. The van der Waals surface area contributed by atoms with Crippen LogP contribution in [-0.2, 0) is 0 Å². The molecular formula is C26H21NO2S. The standard InChI is InChI=1S/C26H21NO2S/c1-17-4-10-21(16-27-17)23-15-26(2,3)30-24-13-9-19(14-22(23)24)6-5-18-7-11-20(12-8-18)25(28)29/h4,7-16H,1-3H3,(H,28,29). The molecule has 0 saturated heterocycles. The van der Waals surface area contributed by atoms with Crippen molar-refractivity contribution in [3.8, 4) is 11.8 Å². The van der Waals surface area contributed by atoms with E-state index in [0.29, 0.717) is 0 Å².